The summed E-state index contributed by atoms with van der Waals surface area (Å²) in [5.41, 5.74) is -0.646. The number of hydrogen-bond acceptors (Lipinski definition) is 3. The molecule has 100 valence electrons. The highest BCUT2D eigenvalue weighted by atomic mass is 16.5. The Kier molecular flexibility index (Phi) is 3.84. The Bertz CT molecular complexity index is 588. The molecule has 2 aromatic rings. The van der Waals surface area contributed by atoms with Crippen LogP contribution in [0.5, 0.6) is 5.75 Å². The Hall–Kier alpha value is -1.90. The van der Waals surface area contributed by atoms with Gasteiger partial charge in [0.05, 0.1) is 6.04 Å². The molecule has 3 nitrogen and oxygen atoms in total. The second-order valence-corrected chi connectivity index (χ2v) is 5.37. The summed E-state index contributed by atoms with van der Waals surface area (Å²) in [6.45, 7) is 7.81. The van der Waals surface area contributed by atoms with Crippen molar-refractivity contribution in [2.24, 2.45) is 10.2 Å². The number of hydrogen-bond donors (Lipinski definition) is 0. The van der Waals surface area contributed by atoms with Crippen molar-refractivity contribution in [1.29, 1.82) is 0 Å². The van der Waals surface area contributed by atoms with E-state index < -0.39 is 5.72 Å². The van der Waals surface area contributed by atoms with E-state index in [1.165, 1.54) is 5.39 Å². The molecule has 0 saturated carbocycles. The molecule has 0 amide bonds. The van der Waals surface area contributed by atoms with Crippen molar-refractivity contribution in [3.05, 3.63) is 42.5 Å². The highest BCUT2D eigenvalue weighted by molar-refractivity contribution is 5.83. The SMILES string of the molecule is CC(C)N=NC(C)(C)Oc1ccc2ccccc2c1. The van der Waals surface area contributed by atoms with Gasteiger partial charge in [-0.1, -0.05) is 30.3 Å². The second kappa shape index (κ2) is 5.39. The predicted molar refractivity (Wildman–Crippen MR) is 78.6 cm³/mol. The molecule has 0 aliphatic heterocycles. The third-order valence-electron chi connectivity index (χ3n) is 2.62. The number of rotatable bonds is 4. The number of ether oxygens (including phenoxy) is 1. The predicted octanol–water partition coefficient (Wildman–Crippen LogP) is 4.82. The Morgan fingerprint density at radius 1 is 1.00 bits per heavy atom. The van der Waals surface area contributed by atoms with Crippen molar-refractivity contribution in [3.8, 4) is 5.75 Å². The van der Waals surface area contributed by atoms with Crippen molar-refractivity contribution in [2.75, 3.05) is 0 Å². The van der Waals surface area contributed by atoms with Crippen molar-refractivity contribution < 1.29 is 4.74 Å². The van der Waals surface area contributed by atoms with Gasteiger partial charge in [0, 0.05) is 0 Å². The summed E-state index contributed by atoms with van der Waals surface area (Å²) >= 11 is 0. The van der Waals surface area contributed by atoms with Crippen molar-refractivity contribution in [1.82, 2.24) is 0 Å². The summed E-state index contributed by atoms with van der Waals surface area (Å²) in [6, 6.07) is 14.4. The molecule has 0 spiro atoms. The molecule has 0 radical (unpaired) electrons. The van der Waals surface area contributed by atoms with E-state index in [1.807, 2.05) is 52.0 Å². The number of nitrogens with zero attached hydrogens (tertiary/aromatic N) is 2. The summed E-state index contributed by atoms with van der Waals surface area (Å²) < 4.78 is 5.90. The van der Waals surface area contributed by atoms with E-state index in [-0.39, 0.29) is 6.04 Å². The third-order valence-corrected chi connectivity index (χ3v) is 2.62. The molecule has 0 heterocycles. The average Bonchev–Trinajstić information content (AvgIpc) is 2.36. The van der Waals surface area contributed by atoms with E-state index in [0.717, 1.165) is 11.1 Å². The summed E-state index contributed by atoms with van der Waals surface area (Å²) in [5, 5.41) is 10.8. The van der Waals surface area contributed by atoms with Gasteiger partial charge >= 0.3 is 0 Å². The standard InChI is InChI=1S/C16H20N2O/c1-12(2)17-18-16(3,4)19-15-10-9-13-7-5-6-8-14(13)11-15/h5-12H,1-4H3. The lowest BCUT2D eigenvalue weighted by molar-refractivity contribution is 0.110. The summed E-state index contributed by atoms with van der Waals surface area (Å²) in [5.74, 6) is 0.811. The average molecular weight is 256 g/mol. The van der Waals surface area contributed by atoms with E-state index in [0.29, 0.717) is 0 Å². The molecule has 0 aromatic heterocycles. The molecular weight excluding hydrogens is 236 g/mol. The lowest BCUT2D eigenvalue weighted by atomic mass is 10.1. The smallest absolute Gasteiger partial charge is 0.213 e. The first-order valence-corrected chi connectivity index (χ1v) is 6.56. The van der Waals surface area contributed by atoms with Gasteiger partial charge in [0.15, 0.2) is 0 Å². The zero-order valence-corrected chi connectivity index (χ0v) is 11.9. The van der Waals surface area contributed by atoms with Crippen molar-refractivity contribution >= 4 is 10.8 Å². The summed E-state index contributed by atoms with van der Waals surface area (Å²) in [7, 11) is 0. The zero-order chi connectivity index (χ0) is 13.9. The fourth-order valence-electron chi connectivity index (χ4n) is 1.79. The van der Waals surface area contributed by atoms with Crippen LogP contribution in [0.1, 0.15) is 27.7 Å². The second-order valence-electron chi connectivity index (χ2n) is 5.37. The van der Waals surface area contributed by atoms with Gasteiger partial charge < -0.3 is 4.74 Å². The molecule has 0 saturated heterocycles. The van der Waals surface area contributed by atoms with E-state index >= 15 is 0 Å². The molecule has 0 aliphatic carbocycles. The van der Waals surface area contributed by atoms with E-state index in [1.54, 1.807) is 0 Å². The summed E-state index contributed by atoms with van der Waals surface area (Å²) in [4.78, 5) is 0. The van der Waals surface area contributed by atoms with E-state index in [2.05, 4.69) is 28.4 Å². The van der Waals surface area contributed by atoms with Crippen LogP contribution in [0.25, 0.3) is 10.8 Å². The molecular formula is C16H20N2O. The molecule has 0 bridgehead atoms. The van der Waals surface area contributed by atoms with Gasteiger partial charge in [-0.2, -0.15) is 5.11 Å². The van der Waals surface area contributed by atoms with Gasteiger partial charge in [0.2, 0.25) is 5.72 Å². The molecule has 2 aromatic carbocycles. The first-order chi connectivity index (χ1) is 8.96. The highest BCUT2D eigenvalue weighted by Gasteiger charge is 2.18. The number of fused-ring (bicyclic) bond motifs is 1. The highest BCUT2D eigenvalue weighted by Crippen LogP contribution is 2.24. The minimum atomic E-state index is -0.646. The van der Waals surface area contributed by atoms with Crippen LogP contribution in [0.15, 0.2) is 52.7 Å². The fraction of sp³-hybridized carbons (Fsp3) is 0.375. The Morgan fingerprint density at radius 3 is 2.37 bits per heavy atom. The van der Waals surface area contributed by atoms with Crippen LogP contribution < -0.4 is 4.74 Å². The Balaban J connectivity index is 2.21. The largest absolute Gasteiger partial charge is 0.465 e. The van der Waals surface area contributed by atoms with Crippen molar-refractivity contribution in [2.45, 2.75) is 39.5 Å². The van der Waals surface area contributed by atoms with Crippen molar-refractivity contribution in [3.63, 3.8) is 0 Å². The first kappa shape index (κ1) is 13.5. The quantitative estimate of drug-likeness (QED) is 0.722. The molecule has 3 heteroatoms. The topological polar surface area (TPSA) is 34.0 Å². The lowest BCUT2D eigenvalue weighted by Gasteiger charge is -2.21. The third kappa shape index (κ3) is 3.78. The van der Waals surface area contributed by atoms with Crippen LogP contribution >= 0.6 is 0 Å². The fourth-order valence-corrected chi connectivity index (χ4v) is 1.79. The van der Waals surface area contributed by atoms with Gasteiger partial charge in [-0.05, 0) is 50.6 Å². The van der Waals surface area contributed by atoms with Crippen LogP contribution in [0.3, 0.4) is 0 Å². The normalized spacial score (nSPS) is 12.5. The summed E-state index contributed by atoms with van der Waals surface area (Å²) in [6.07, 6.45) is 0. The maximum absolute atomic E-state index is 5.90. The molecule has 0 N–H and O–H groups in total. The van der Waals surface area contributed by atoms with Gasteiger partial charge in [0.25, 0.3) is 0 Å². The maximum atomic E-state index is 5.90. The van der Waals surface area contributed by atoms with Crippen LogP contribution in [0.4, 0.5) is 0 Å². The van der Waals surface area contributed by atoms with Gasteiger partial charge in [-0.15, -0.1) is 5.11 Å². The Labute approximate surface area is 114 Å². The molecule has 19 heavy (non-hydrogen) atoms. The molecule has 0 fully saturated rings. The maximum Gasteiger partial charge on any atom is 0.213 e. The number of benzene rings is 2. The van der Waals surface area contributed by atoms with Crippen LogP contribution in [-0.2, 0) is 0 Å². The van der Waals surface area contributed by atoms with Gasteiger partial charge in [0.1, 0.15) is 5.75 Å². The first-order valence-electron chi connectivity index (χ1n) is 6.56. The molecule has 0 aliphatic rings. The van der Waals surface area contributed by atoms with Crippen LogP contribution in [0.2, 0.25) is 0 Å². The molecule has 0 atom stereocenters. The van der Waals surface area contributed by atoms with Crippen LogP contribution in [-0.4, -0.2) is 11.8 Å². The Morgan fingerprint density at radius 2 is 1.68 bits per heavy atom. The zero-order valence-electron chi connectivity index (χ0n) is 11.9. The molecule has 2 rings (SSSR count). The molecule has 0 unspecified atom stereocenters. The van der Waals surface area contributed by atoms with E-state index in [9.17, 15) is 0 Å². The van der Waals surface area contributed by atoms with E-state index in [4.69, 9.17) is 4.74 Å². The number of azo groups is 1. The monoisotopic (exact) mass is 256 g/mol. The minimum absolute atomic E-state index is 0.180. The van der Waals surface area contributed by atoms with Gasteiger partial charge in [-0.25, -0.2) is 0 Å². The van der Waals surface area contributed by atoms with Gasteiger partial charge in [-0.3, -0.25) is 0 Å². The minimum Gasteiger partial charge on any atom is -0.465 e. The van der Waals surface area contributed by atoms with Crippen LogP contribution in [0, 0.1) is 0 Å². The lowest BCUT2D eigenvalue weighted by Crippen LogP contribution is -2.25.